The summed E-state index contributed by atoms with van der Waals surface area (Å²) in [5, 5.41) is 2.05. The molecule has 0 saturated carbocycles. The molecule has 0 aromatic carbocycles. The third-order valence-electron chi connectivity index (χ3n) is 4.31. The van der Waals surface area contributed by atoms with Crippen LogP contribution < -0.4 is 0 Å². The number of Topliss-reactive ketones (excluding diaryl/α,β-unsaturated/α-hetero) is 2. The van der Waals surface area contributed by atoms with Gasteiger partial charge in [-0.25, -0.2) is 0 Å². The van der Waals surface area contributed by atoms with Gasteiger partial charge in [-0.15, -0.1) is 11.3 Å². The number of aryl methyl sites for hydroxylation is 1. The number of nitrogens with zero attached hydrogens (tertiary/aromatic N) is 1. The molecule has 23 heavy (non-hydrogen) atoms. The number of aromatic amines is 1. The van der Waals surface area contributed by atoms with Gasteiger partial charge in [0.2, 0.25) is 0 Å². The second kappa shape index (κ2) is 7.23. The van der Waals surface area contributed by atoms with Crippen molar-refractivity contribution < 1.29 is 9.59 Å². The molecule has 1 atom stereocenters. The van der Waals surface area contributed by atoms with Crippen LogP contribution in [0.2, 0.25) is 0 Å². The molecule has 2 aromatic heterocycles. The fourth-order valence-corrected chi connectivity index (χ4v) is 3.75. The summed E-state index contributed by atoms with van der Waals surface area (Å²) < 4.78 is 0. The summed E-state index contributed by atoms with van der Waals surface area (Å²) in [6, 6.07) is 3.87. The summed E-state index contributed by atoms with van der Waals surface area (Å²) in [5.74, 6) is 0.0328. The van der Waals surface area contributed by atoms with E-state index in [9.17, 15) is 9.59 Å². The third kappa shape index (κ3) is 3.62. The van der Waals surface area contributed by atoms with Crippen LogP contribution in [0.3, 0.4) is 0 Å². The molecule has 0 bridgehead atoms. The van der Waals surface area contributed by atoms with Gasteiger partial charge in [0.15, 0.2) is 11.6 Å². The van der Waals surface area contributed by atoms with E-state index in [1.165, 1.54) is 11.8 Å². The van der Waals surface area contributed by atoms with Gasteiger partial charge in [0.1, 0.15) is 0 Å². The Hall–Kier alpha value is -1.72. The molecule has 0 spiro atoms. The first-order valence-corrected chi connectivity index (χ1v) is 8.75. The van der Waals surface area contributed by atoms with Crippen LogP contribution in [0, 0.1) is 13.8 Å². The molecule has 0 saturated heterocycles. The van der Waals surface area contributed by atoms with E-state index in [-0.39, 0.29) is 17.6 Å². The van der Waals surface area contributed by atoms with E-state index in [0.717, 1.165) is 24.3 Å². The first kappa shape index (κ1) is 17.6. The molecular formula is C18H24N2O2S. The molecule has 0 radical (unpaired) electrons. The van der Waals surface area contributed by atoms with Crippen molar-refractivity contribution in [3.05, 3.63) is 44.9 Å². The Morgan fingerprint density at radius 2 is 2.04 bits per heavy atom. The van der Waals surface area contributed by atoms with Crippen LogP contribution in [-0.4, -0.2) is 34.0 Å². The van der Waals surface area contributed by atoms with Gasteiger partial charge in [-0.1, -0.05) is 13.0 Å². The van der Waals surface area contributed by atoms with E-state index in [2.05, 4.69) is 22.9 Å². The maximum absolute atomic E-state index is 12.9. The van der Waals surface area contributed by atoms with Crippen molar-refractivity contribution in [2.45, 2.75) is 47.2 Å². The molecule has 0 fully saturated rings. The molecule has 2 heterocycles. The molecule has 5 heteroatoms. The summed E-state index contributed by atoms with van der Waals surface area (Å²) in [6.07, 6.45) is 0. The molecule has 2 rings (SSSR count). The number of carbonyl (C=O) groups excluding carboxylic acids is 2. The average Bonchev–Trinajstić information content (AvgIpc) is 3.11. The van der Waals surface area contributed by atoms with Crippen molar-refractivity contribution in [3.63, 3.8) is 0 Å². The van der Waals surface area contributed by atoms with E-state index in [1.54, 1.807) is 11.3 Å². The average molecular weight is 332 g/mol. The first-order valence-electron chi connectivity index (χ1n) is 7.87. The standard InChI is InChI=1S/C18H24N2O2S/c1-6-20(10-15-8-7-9-23-15)13(4)18(22)17-11(2)16(14(5)21)12(3)19-17/h7-9,13,19H,6,10H2,1-5H3/t13-/m1/s1. The number of rotatable bonds is 7. The normalized spacial score (nSPS) is 12.6. The van der Waals surface area contributed by atoms with E-state index >= 15 is 0 Å². The Bertz CT molecular complexity index is 701. The van der Waals surface area contributed by atoms with Crippen LogP contribution >= 0.6 is 11.3 Å². The Labute approximate surface area is 141 Å². The molecule has 0 unspecified atom stereocenters. The highest BCUT2D eigenvalue weighted by atomic mass is 32.1. The zero-order chi connectivity index (χ0) is 17.1. The quantitative estimate of drug-likeness (QED) is 0.780. The largest absolute Gasteiger partial charge is 0.355 e. The van der Waals surface area contributed by atoms with E-state index < -0.39 is 0 Å². The maximum Gasteiger partial charge on any atom is 0.196 e. The number of thiophene rings is 1. The zero-order valence-corrected chi connectivity index (χ0v) is 15.2. The van der Waals surface area contributed by atoms with Crippen LogP contribution in [0.15, 0.2) is 17.5 Å². The lowest BCUT2D eigenvalue weighted by Gasteiger charge is -2.26. The second-order valence-electron chi connectivity index (χ2n) is 5.86. The highest BCUT2D eigenvalue weighted by molar-refractivity contribution is 7.09. The van der Waals surface area contributed by atoms with E-state index in [4.69, 9.17) is 0 Å². The van der Waals surface area contributed by atoms with Crippen molar-refractivity contribution in [2.75, 3.05) is 6.54 Å². The number of aromatic nitrogens is 1. The molecule has 124 valence electrons. The van der Waals surface area contributed by atoms with Crippen molar-refractivity contribution in [3.8, 4) is 0 Å². The molecule has 1 N–H and O–H groups in total. The predicted molar refractivity (Wildman–Crippen MR) is 94.5 cm³/mol. The summed E-state index contributed by atoms with van der Waals surface area (Å²) in [5.41, 5.74) is 2.73. The monoisotopic (exact) mass is 332 g/mol. The third-order valence-corrected chi connectivity index (χ3v) is 5.17. The Morgan fingerprint density at radius 3 is 2.52 bits per heavy atom. The fraction of sp³-hybridized carbons (Fsp3) is 0.444. The molecule has 0 aliphatic heterocycles. The zero-order valence-electron chi connectivity index (χ0n) is 14.4. The van der Waals surface area contributed by atoms with Crippen LogP contribution in [0.1, 0.15) is 57.8 Å². The number of H-pyrrole nitrogens is 1. The van der Waals surface area contributed by atoms with Crippen molar-refractivity contribution in [2.24, 2.45) is 0 Å². The number of carbonyl (C=O) groups is 2. The molecule has 4 nitrogen and oxygen atoms in total. The summed E-state index contributed by atoms with van der Waals surface area (Å²) >= 11 is 1.70. The molecular weight excluding hydrogens is 308 g/mol. The van der Waals surface area contributed by atoms with Gasteiger partial charge in [0.25, 0.3) is 0 Å². The van der Waals surface area contributed by atoms with Crippen molar-refractivity contribution in [1.82, 2.24) is 9.88 Å². The number of hydrogen-bond donors (Lipinski definition) is 1. The fourth-order valence-electron chi connectivity index (χ4n) is 3.02. The predicted octanol–water partition coefficient (Wildman–Crippen LogP) is 3.99. The van der Waals surface area contributed by atoms with Crippen LogP contribution in [-0.2, 0) is 6.54 Å². The maximum atomic E-state index is 12.9. The summed E-state index contributed by atoms with van der Waals surface area (Å²) in [4.78, 5) is 31.2. The molecule has 2 aromatic rings. The number of hydrogen-bond acceptors (Lipinski definition) is 4. The van der Waals surface area contributed by atoms with Gasteiger partial charge in [-0.05, 0) is 51.2 Å². The molecule has 0 amide bonds. The Balaban J connectivity index is 2.24. The number of likely N-dealkylation sites (N-methyl/N-ethyl adjacent to an activating group) is 1. The lowest BCUT2D eigenvalue weighted by Crippen LogP contribution is -2.38. The topological polar surface area (TPSA) is 53.2 Å². The number of nitrogens with one attached hydrogen (secondary N) is 1. The summed E-state index contributed by atoms with van der Waals surface area (Å²) in [6.45, 7) is 10.8. The SMILES string of the molecule is CCN(Cc1cccs1)[C@H](C)C(=O)c1[nH]c(C)c(C(C)=O)c1C. The second-order valence-corrected chi connectivity index (χ2v) is 6.90. The van der Waals surface area contributed by atoms with Crippen molar-refractivity contribution >= 4 is 22.9 Å². The highest BCUT2D eigenvalue weighted by Crippen LogP contribution is 2.22. The Kier molecular flexibility index (Phi) is 5.55. The van der Waals surface area contributed by atoms with Gasteiger partial charge in [-0.2, -0.15) is 0 Å². The van der Waals surface area contributed by atoms with Crippen LogP contribution in [0.4, 0.5) is 0 Å². The lowest BCUT2D eigenvalue weighted by molar-refractivity contribution is 0.0831. The summed E-state index contributed by atoms with van der Waals surface area (Å²) in [7, 11) is 0. The molecule has 0 aliphatic carbocycles. The van der Waals surface area contributed by atoms with E-state index in [0.29, 0.717) is 11.3 Å². The minimum Gasteiger partial charge on any atom is -0.355 e. The van der Waals surface area contributed by atoms with Crippen molar-refractivity contribution in [1.29, 1.82) is 0 Å². The van der Waals surface area contributed by atoms with Crippen LogP contribution in [0.5, 0.6) is 0 Å². The van der Waals surface area contributed by atoms with Crippen LogP contribution in [0.25, 0.3) is 0 Å². The minimum atomic E-state index is -0.237. The van der Waals surface area contributed by atoms with E-state index in [1.807, 2.05) is 32.2 Å². The first-order chi connectivity index (χ1) is 10.9. The van der Waals surface area contributed by atoms with Gasteiger partial charge in [0, 0.05) is 22.7 Å². The highest BCUT2D eigenvalue weighted by Gasteiger charge is 2.27. The van der Waals surface area contributed by atoms with Gasteiger partial charge in [0.05, 0.1) is 11.7 Å². The Morgan fingerprint density at radius 1 is 1.35 bits per heavy atom. The smallest absolute Gasteiger partial charge is 0.196 e. The van der Waals surface area contributed by atoms with Gasteiger partial charge < -0.3 is 4.98 Å². The van der Waals surface area contributed by atoms with Gasteiger partial charge >= 0.3 is 0 Å². The lowest BCUT2D eigenvalue weighted by atomic mass is 10.0. The molecule has 0 aliphatic rings. The van der Waals surface area contributed by atoms with Gasteiger partial charge in [-0.3, -0.25) is 14.5 Å². The number of ketones is 2. The minimum absolute atomic E-state index is 0.00566.